The fourth-order valence-electron chi connectivity index (χ4n) is 2.44. The van der Waals surface area contributed by atoms with Crippen LogP contribution in [0.15, 0.2) is 5.38 Å². The Morgan fingerprint density at radius 3 is 2.50 bits per heavy atom. The molecule has 0 saturated carbocycles. The van der Waals surface area contributed by atoms with Gasteiger partial charge in [-0.3, -0.25) is 4.90 Å². The van der Waals surface area contributed by atoms with E-state index in [-0.39, 0.29) is 0 Å². The Hall–Kier alpha value is -0.650. The molecule has 5 heteroatoms. The molecule has 0 amide bonds. The minimum atomic E-state index is 0.657. The number of rotatable bonds is 6. The van der Waals surface area contributed by atoms with Gasteiger partial charge in [0.05, 0.1) is 5.69 Å². The van der Waals surface area contributed by atoms with Crippen LogP contribution in [-0.2, 0) is 6.54 Å². The maximum atomic E-state index is 4.76. The van der Waals surface area contributed by atoms with Gasteiger partial charge in [0, 0.05) is 44.1 Å². The number of hydrogen-bond acceptors (Lipinski definition) is 5. The number of anilines is 1. The third-order valence-electron chi connectivity index (χ3n) is 3.71. The predicted molar refractivity (Wildman–Crippen MR) is 87.6 cm³/mol. The van der Waals surface area contributed by atoms with E-state index < -0.39 is 0 Å². The van der Waals surface area contributed by atoms with Gasteiger partial charge in [-0.15, -0.1) is 11.3 Å². The third kappa shape index (κ3) is 4.43. The van der Waals surface area contributed by atoms with Crippen molar-refractivity contribution >= 4 is 16.5 Å². The molecule has 0 atom stereocenters. The Bertz CT molecular complexity index is 394. The molecule has 4 nitrogen and oxygen atoms in total. The van der Waals surface area contributed by atoms with Crippen LogP contribution in [0, 0.1) is 5.92 Å². The van der Waals surface area contributed by atoms with Crippen molar-refractivity contribution in [3.8, 4) is 0 Å². The van der Waals surface area contributed by atoms with Gasteiger partial charge in [0.25, 0.3) is 0 Å². The van der Waals surface area contributed by atoms with Crippen molar-refractivity contribution in [1.29, 1.82) is 0 Å². The lowest BCUT2D eigenvalue weighted by Gasteiger charge is -2.36. The fourth-order valence-corrected chi connectivity index (χ4v) is 3.32. The van der Waals surface area contributed by atoms with Gasteiger partial charge in [-0.2, -0.15) is 0 Å². The molecule has 0 radical (unpaired) electrons. The standard InChI is InChI=1S/C15H28N4S/c1-12(2)9-16-10-14-11-20-15(17-14)19-7-5-18(6-8-19)13(3)4/h11-13,16H,5-10H2,1-4H3. The Morgan fingerprint density at radius 2 is 1.90 bits per heavy atom. The smallest absolute Gasteiger partial charge is 0.185 e. The minimum Gasteiger partial charge on any atom is -0.346 e. The van der Waals surface area contributed by atoms with E-state index in [9.17, 15) is 0 Å². The molecule has 1 aliphatic rings. The van der Waals surface area contributed by atoms with Gasteiger partial charge in [-0.1, -0.05) is 13.8 Å². The largest absolute Gasteiger partial charge is 0.346 e. The van der Waals surface area contributed by atoms with Crippen molar-refractivity contribution in [2.45, 2.75) is 40.3 Å². The topological polar surface area (TPSA) is 31.4 Å². The van der Waals surface area contributed by atoms with Crippen LogP contribution in [0.1, 0.15) is 33.4 Å². The molecule has 1 aromatic rings. The first-order valence-electron chi connectivity index (χ1n) is 7.70. The number of aromatic nitrogens is 1. The van der Waals surface area contributed by atoms with E-state index in [1.807, 2.05) is 0 Å². The summed E-state index contributed by atoms with van der Waals surface area (Å²) in [6.07, 6.45) is 0. The Labute approximate surface area is 127 Å². The number of nitrogens with one attached hydrogen (secondary N) is 1. The maximum absolute atomic E-state index is 4.76. The molecular weight excluding hydrogens is 268 g/mol. The third-order valence-corrected chi connectivity index (χ3v) is 4.66. The van der Waals surface area contributed by atoms with Gasteiger partial charge in [0.2, 0.25) is 0 Å². The van der Waals surface area contributed by atoms with Crippen molar-refractivity contribution in [3.05, 3.63) is 11.1 Å². The molecule has 1 saturated heterocycles. The molecule has 0 aliphatic carbocycles. The van der Waals surface area contributed by atoms with Gasteiger partial charge in [0.1, 0.15) is 0 Å². The average molecular weight is 296 g/mol. The van der Waals surface area contributed by atoms with E-state index in [2.05, 4.69) is 48.2 Å². The minimum absolute atomic E-state index is 0.657. The summed E-state index contributed by atoms with van der Waals surface area (Å²) in [4.78, 5) is 9.73. The van der Waals surface area contributed by atoms with Crippen molar-refractivity contribution in [2.24, 2.45) is 5.92 Å². The van der Waals surface area contributed by atoms with Crippen LogP contribution in [0.25, 0.3) is 0 Å². The lowest BCUT2D eigenvalue weighted by Crippen LogP contribution is -2.48. The highest BCUT2D eigenvalue weighted by Crippen LogP contribution is 2.22. The summed E-state index contributed by atoms with van der Waals surface area (Å²) in [5.41, 5.74) is 1.18. The lowest BCUT2D eigenvalue weighted by atomic mass is 10.2. The van der Waals surface area contributed by atoms with Crippen LogP contribution < -0.4 is 10.2 Å². The molecule has 1 aliphatic heterocycles. The van der Waals surface area contributed by atoms with Crippen LogP contribution in [0.2, 0.25) is 0 Å². The first-order chi connectivity index (χ1) is 9.56. The van der Waals surface area contributed by atoms with E-state index in [0.29, 0.717) is 12.0 Å². The van der Waals surface area contributed by atoms with Gasteiger partial charge in [0.15, 0.2) is 5.13 Å². The highest BCUT2D eigenvalue weighted by molar-refractivity contribution is 7.13. The summed E-state index contributed by atoms with van der Waals surface area (Å²) >= 11 is 1.78. The molecular formula is C15H28N4S. The second kappa shape index (κ2) is 7.38. The predicted octanol–water partition coefficient (Wildman–Crippen LogP) is 2.42. The Morgan fingerprint density at radius 1 is 1.20 bits per heavy atom. The number of hydrogen-bond donors (Lipinski definition) is 1. The molecule has 114 valence electrons. The molecule has 2 heterocycles. The maximum Gasteiger partial charge on any atom is 0.185 e. The fraction of sp³-hybridized carbons (Fsp3) is 0.800. The van der Waals surface area contributed by atoms with E-state index in [1.165, 1.54) is 10.8 Å². The summed E-state index contributed by atoms with van der Waals surface area (Å²) in [7, 11) is 0. The van der Waals surface area contributed by atoms with Crippen molar-refractivity contribution < 1.29 is 0 Å². The molecule has 0 unspecified atom stereocenters. The van der Waals surface area contributed by atoms with Crippen molar-refractivity contribution in [3.63, 3.8) is 0 Å². The second-order valence-corrected chi connectivity index (χ2v) is 7.10. The molecule has 1 aromatic heterocycles. The second-order valence-electron chi connectivity index (χ2n) is 6.26. The molecule has 1 N–H and O–H groups in total. The molecule has 0 bridgehead atoms. The van der Waals surface area contributed by atoms with E-state index in [0.717, 1.165) is 39.3 Å². The molecule has 2 rings (SSSR count). The van der Waals surface area contributed by atoms with Crippen LogP contribution in [-0.4, -0.2) is 48.6 Å². The first kappa shape index (κ1) is 15.7. The Balaban J connectivity index is 1.81. The summed E-state index contributed by atoms with van der Waals surface area (Å²) in [5.74, 6) is 0.692. The zero-order chi connectivity index (χ0) is 14.5. The van der Waals surface area contributed by atoms with E-state index in [4.69, 9.17) is 4.98 Å². The zero-order valence-corrected chi connectivity index (χ0v) is 14.0. The average Bonchev–Trinajstić information content (AvgIpc) is 2.87. The molecule has 0 spiro atoms. The quantitative estimate of drug-likeness (QED) is 0.873. The molecule has 20 heavy (non-hydrogen) atoms. The van der Waals surface area contributed by atoms with Crippen LogP contribution in [0.5, 0.6) is 0 Å². The van der Waals surface area contributed by atoms with Gasteiger partial charge in [-0.25, -0.2) is 4.98 Å². The monoisotopic (exact) mass is 296 g/mol. The van der Waals surface area contributed by atoms with E-state index in [1.54, 1.807) is 11.3 Å². The molecule has 1 fully saturated rings. The van der Waals surface area contributed by atoms with Crippen LogP contribution in [0.4, 0.5) is 5.13 Å². The van der Waals surface area contributed by atoms with Crippen molar-refractivity contribution in [2.75, 3.05) is 37.6 Å². The van der Waals surface area contributed by atoms with Crippen molar-refractivity contribution in [1.82, 2.24) is 15.2 Å². The number of thiazole rings is 1. The van der Waals surface area contributed by atoms with Crippen LogP contribution in [0.3, 0.4) is 0 Å². The van der Waals surface area contributed by atoms with Crippen LogP contribution >= 0.6 is 11.3 Å². The summed E-state index contributed by atoms with van der Waals surface area (Å²) in [6, 6.07) is 0.657. The summed E-state index contributed by atoms with van der Waals surface area (Å²) < 4.78 is 0. The van der Waals surface area contributed by atoms with E-state index >= 15 is 0 Å². The highest BCUT2D eigenvalue weighted by Gasteiger charge is 2.20. The normalized spacial score (nSPS) is 17.4. The number of nitrogens with zero attached hydrogens (tertiary/aromatic N) is 3. The lowest BCUT2D eigenvalue weighted by molar-refractivity contribution is 0.209. The SMILES string of the molecule is CC(C)CNCc1csc(N2CCN(C(C)C)CC2)n1. The van der Waals surface area contributed by atoms with Gasteiger partial charge < -0.3 is 10.2 Å². The number of piperazine rings is 1. The first-order valence-corrected chi connectivity index (χ1v) is 8.58. The summed E-state index contributed by atoms with van der Waals surface area (Å²) in [5, 5.41) is 6.84. The zero-order valence-electron chi connectivity index (χ0n) is 13.2. The Kier molecular flexibility index (Phi) is 5.81. The summed E-state index contributed by atoms with van der Waals surface area (Å²) in [6.45, 7) is 15.5. The molecule has 0 aromatic carbocycles. The van der Waals surface area contributed by atoms with Gasteiger partial charge >= 0.3 is 0 Å². The van der Waals surface area contributed by atoms with Gasteiger partial charge in [-0.05, 0) is 26.3 Å². The highest BCUT2D eigenvalue weighted by atomic mass is 32.1.